The van der Waals surface area contributed by atoms with E-state index in [-0.39, 0.29) is 22.6 Å². The first-order valence-electron chi connectivity index (χ1n) is 13.0. The summed E-state index contributed by atoms with van der Waals surface area (Å²) in [6.07, 6.45) is 4.99. The topological polar surface area (TPSA) is 125 Å². The van der Waals surface area contributed by atoms with Crippen LogP contribution in [0.25, 0.3) is 0 Å². The Balaban J connectivity index is 1.42. The molecule has 0 spiro atoms. The van der Waals surface area contributed by atoms with E-state index in [0.717, 1.165) is 37.0 Å². The lowest BCUT2D eigenvalue weighted by atomic mass is 10.0. The van der Waals surface area contributed by atoms with E-state index in [1.165, 1.54) is 12.1 Å². The van der Waals surface area contributed by atoms with Gasteiger partial charge in [-0.2, -0.15) is 10.2 Å². The molecule has 0 aromatic heterocycles. The second kappa shape index (κ2) is 11.0. The highest BCUT2D eigenvalue weighted by atomic mass is 32.2. The lowest BCUT2D eigenvalue weighted by Crippen LogP contribution is -2.52. The molecule has 3 aliphatic rings. The summed E-state index contributed by atoms with van der Waals surface area (Å²) in [6.45, 7) is 4.40. The van der Waals surface area contributed by atoms with Crippen molar-refractivity contribution in [2.24, 2.45) is 21.2 Å². The highest BCUT2D eigenvalue weighted by Crippen LogP contribution is 2.29. The van der Waals surface area contributed by atoms with Crippen molar-refractivity contribution in [3.63, 3.8) is 0 Å². The number of sulfonamides is 1. The Hall–Kier alpha value is -3.57. The largest absolute Gasteiger partial charge is 0.493 e. The zero-order valence-corrected chi connectivity index (χ0v) is 22.4. The van der Waals surface area contributed by atoms with E-state index < -0.39 is 15.9 Å². The maximum atomic E-state index is 13.3. The maximum absolute atomic E-state index is 13.3. The molecular formula is C27H32N6O4S. The molecule has 38 heavy (non-hydrogen) atoms. The van der Waals surface area contributed by atoms with Crippen LogP contribution in [0.1, 0.15) is 50.7 Å². The van der Waals surface area contributed by atoms with Crippen LogP contribution >= 0.6 is 0 Å². The molecule has 0 bridgehead atoms. The first-order valence-corrected chi connectivity index (χ1v) is 14.5. The molecule has 0 radical (unpaired) electrons. The molecule has 200 valence electrons. The van der Waals surface area contributed by atoms with Gasteiger partial charge in [0.05, 0.1) is 29.3 Å². The Labute approximate surface area is 222 Å². The lowest BCUT2D eigenvalue weighted by molar-refractivity contribution is -0.114. The Morgan fingerprint density at radius 2 is 1.89 bits per heavy atom. The second-order valence-corrected chi connectivity index (χ2v) is 11.5. The number of amidine groups is 2. The number of hydrogen-bond acceptors (Lipinski definition) is 8. The van der Waals surface area contributed by atoms with E-state index in [2.05, 4.69) is 25.3 Å². The van der Waals surface area contributed by atoms with Crippen LogP contribution in [-0.2, 0) is 21.2 Å². The van der Waals surface area contributed by atoms with Crippen molar-refractivity contribution in [2.45, 2.75) is 56.9 Å². The minimum absolute atomic E-state index is 0.0547. The van der Waals surface area contributed by atoms with Crippen LogP contribution < -0.4 is 14.8 Å². The Kier molecular flexibility index (Phi) is 7.57. The summed E-state index contributed by atoms with van der Waals surface area (Å²) in [6, 6.07) is 13.9. The molecule has 2 aliphatic heterocycles. The number of rotatable bonds is 9. The Morgan fingerprint density at radius 3 is 2.63 bits per heavy atom. The molecule has 1 amide bonds. The standard InChI is InChI=1S/C27H32N6O4S/c1-3-37-24-14-13-21(38(35,36)32-18(2)15-19-9-5-4-6-10-19)16-22(24)25-28-27(34)26-30-29-23(17-33(26)31-25)20-11-7-8-12-20/h4-6,9-10,13-14,16,18,20,32H,3,7-8,11-12,15,17H2,1-2H3,(H,28,31,34). The molecule has 0 saturated heterocycles. The molecule has 5 rings (SSSR count). The smallest absolute Gasteiger partial charge is 0.296 e. The quantitative estimate of drug-likeness (QED) is 0.510. The van der Waals surface area contributed by atoms with Crippen LogP contribution in [0.5, 0.6) is 5.75 Å². The monoisotopic (exact) mass is 536 g/mol. The third-order valence-electron chi connectivity index (χ3n) is 6.87. The molecular weight excluding hydrogens is 504 g/mol. The number of benzene rings is 2. The van der Waals surface area contributed by atoms with Gasteiger partial charge in [0.2, 0.25) is 15.9 Å². The second-order valence-electron chi connectivity index (χ2n) is 9.76. The van der Waals surface area contributed by atoms with E-state index in [4.69, 9.17) is 4.74 Å². The van der Waals surface area contributed by atoms with Crippen molar-refractivity contribution in [3.05, 3.63) is 59.7 Å². The summed E-state index contributed by atoms with van der Waals surface area (Å²) < 4.78 is 35.1. The molecule has 1 atom stereocenters. The minimum atomic E-state index is -3.86. The summed E-state index contributed by atoms with van der Waals surface area (Å²) in [5.41, 5.74) is 2.33. The summed E-state index contributed by atoms with van der Waals surface area (Å²) >= 11 is 0. The van der Waals surface area contributed by atoms with Gasteiger partial charge in [-0.1, -0.05) is 43.2 Å². The molecule has 2 aromatic rings. The van der Waals surface area contributed by atoms with Gasteiger partial charge in [-0.15, -0.1) is 5.10 Å². The molecule has 11 heteroatoms. The molecule has 1 saturated carbocycles. The Morgan fingerprint density at radius 1 is 1.13 bits per heavy atom. The van der Waals surface area contributed by atoms with Gasteiger partial charge in [0.15, 0.2) is 5.84 Å². The first kappa shape index (κ1) is 26.1. The number of ether oxygens (including phenoxy) is 1. The van der Waals surface area contributed by atoms with Crippen LogP contribution in [0.2, 0.25) is 0 Å². The number of amides is 1. The van der Waals surface area contributed by atoms with Crippen molar-refractivity contribution in [2.75, 3.05) is 13.2 Å². The van der Waals surface area contributed by atoms with Gasteiger partial charge in [0.1, 0.15) is 5.75 Å². The van der Waals surface area contributed by atoms with E-state index in [1.807, 2.05) is 44.2 Å². The van der Waals surface area contributed by atoms with E-state index in [9.17, 15) is 13.2 Å². The van der Waals surface area contributed by atoms with Crippen molar-refractivity contribution in [3.8, 4) is 5.75 Å². The summed E-state index contributed by atoms with van der Waals surface area (Å²) in [7, 11) is -3.86. The van der Waals surface area contributed by atoms with Gasteiger partial charge in [-0.25, -0.2) is 18.1 Å². The van der Waals surface area contributed by atoms with Crippen molar-refractivity contribution < 1.29 is 17.9 Å². The number of hydrazone groups is 1. The summed E-state index contributed by atoms with van der Waals surface area (Å²) in [5, 5.41) is 17.4. The van der Waals surface area contributed by atoms with E-state index in [0.29, 0.717) is 36.8 Å². The van der Waals surface area contributed by atoms with Gasteiger partial charge in [0.25, 0.3) is 5.91 Å². The highest BCUT2D eigenvalue weighted by molar-refractivity contribution is 7.89. The summed E-state index contributed by atoms with van der Waals surface area (Å²) in [4.78, 5) is 13.0. The SMILES string of the molecule is CCOc1ccc(S(=O)(=O)NC(C)Cc2ccccc2)cc1C1=NN2CC(C3CCCC3)=NN=C2C(=O)N1. The van der Waals surface area contributed by atoms with Crippen LogP contribution in [0.4, 0.5) is 0 Å². The highest BCUT2D eigenvalue weighted by Gasteiger charge is 2.34. The molecule has 1 fully saturated rings. The molecule has 2 N–H and O–H groups in total. The fourth-order valence-electron chi connectivity index (χ4n) is 5.05. The number of carbonyl (C=O) groups is 1. The van der Waals surface area contributed by atoms with Crippen LogP contribution in [0, 0.1) is 5.92 Å². The maximum Gasteiger partial charge on any atom is 0.296 e. The zero-order valence-electron chi connectivity index (χ0n) is 21.6. The van der Waals surface area contributed by atoms with Gasteiger partial charge in [-0.05, 0) is 56.9 Å². The van der Waals surface area contributed by atoms with Crippen molar-refractivity contribution >= 4 is 33.3 Å². The number of nitrogens with zero attached hydrogens (tertiary/aromatic N) is 4. The third kappa shape index (κ3) is 5.63. The lowest BCUT2D eigenvalue weighted by Gasteiger charge is -2.30. The van der Waals surface area contributed by atoms with Crippen LogP contribution in [0.3, 0.4) is 0 Å². The zero-order chi connectivity index (χ0) is 26.7. The summed E-state index contributed by atoms with van der Waals surface area (Å²) in [5.74, 6) is 0.646. The van der Waals surface area contributed by atoms with Gasteiger partial charge in [0, 0.05) is 12.0 Å². The molecule has 10 nitrogen and oxygen atoms in total. The fourth-order valence-corrected chi connectivity index (χ4v) is 6.32. The van der Waals surface area contributed by atoms with Crippen molar-refractivity contribution in [1.29, 1.82) is 0 Å². The van der Waals surface area contributed by atoms with Crippen molar-refractivity contribution in [1.82, 2.24) is 15.0 Å². The van der Waals surface area contributed by atoms with Gasteiger partial charge in [-0.3, -0.25) is 4.79 Å². The predicted octanol–water partition coefficient (Wildman–Crippen LogP) is 3.05. The average molecular weight is 537 g/mol. The molecule has 1 unspecified atom stereocenters. The van der Waals surface area contributed by atoms with E-state index in [1.54, 1.807) is 11.1 Å². The predicted molar refractivity (Wildman–Crippen MR) is 146 cm³/mol. The average Bonchev–Trinajstić information content (AvgIpc) is 3.44. The van der Waals surface area contributed by atoms with Gasteiger partial charge >= 0.3 is 0 Å². The number of carbonyl (C=O) groups excluding carboxylic acids is 1. The van der Waals surface area contributed by atoms with Gasteiger partial charge < -0.3 is 10.1 Å². The van der Waals surface area contributed by atoms with E-state index >= 15 is 0 Å². The number of hydrogen-bond donors (Lipinski definition) is 2. The Bertz CT molecular complexity index is 1400. The minimum Gasteiger partial charge on any atom is -0.493 e. The molecule has 2 heterocycles. The normalized spacial score (nSPS) is 18.7. The molecule has 2 aromatic carbocycles. The number of nitrogens with one attached hydrogen (secondary N) is 2. The first-order chi connectivity index (χ1) is 18.3. The van der Waals surface area contributed by atoms with Crippen LogP contribution in [-0.4, -0.2) is 55.9 Å². The molecule has 1 aliphatic carbocycles. The fraction of sp³-hybridized carbons (Fsp3) is 0.407. The third-order valence-corrected chi connectivity index (χ3v) is 8.46. The number of fused-ring (bicyclic) bond motifs is 1. The van der Waals surface area contributed by atoms with Crippen LogP contribution in [0.15, 0.2) is 68.7 Å².